The van der Waals surface area contributed by atoms with Crippen molar-refractivity contribution < 1.29 is 18.7 Å². The number of nitrogens with one attached hydrogen (secondary N) is 1. The maximum Gasteiger partial charge on any atom is 0.231 e. The van der Waals surface area contributed by atoms with Gasteiger partial charge in [-0.25, -0.2) is 4.98 Å². The van der Waals surface area contributed by atoms with Gasteiger partial charge >= 0.3 is 0 Å². The SMILES string of the molecule is CCCCNC(=O)Cc1nc(-c2ccc3c(c2)OCO3)oc1C. The van der Waals surface area contributed by atoms with Crippen molar-refractivity contribution in [2.24, 2.45) is 0 Å². The van der Waals surface area contributed by atoms with Gasteiger partial charge in [0.25, 0.3) is 0 Å². The first-order valence-electron chi connectivity index (χ1n) is 7.80. The van der Waals surface area contributed by atoms with Crippen LogP contribution in [0.5, 0.6) is 11.5 Å². The molecule has 6 heteroatoms. The third-order valence-corrected chi connectivity index (χ3v) is 3.69. The lowest BCUT2D eigenvalue weighted by Gasteiger charge is -2.02. The molecule has 0 saturated carbocycles. The van der Waals surface area contributed by atoms with E-state index in [9.17, 15) is 4.79 Å². The quantitative estimate of drug-likeness (QED) is 0.830. The van der Waals surface area contributed by atoms with Gasteiger partial charge in [-0.05, 0) is 31.5 Å². The normalized spacial score (nSPS) is 12.4. The van der Waals surface area contributed by atoms with Crippen LogP contribution in [0.3, 0.4) is 0 Å². The van der Waals surface area contributed by atoms with Crippen molar-refractivity contribution >= 4 is 5.91 Å². The zero-order valence-corrected chi connectivity index (χ0v) is 13.3. The van der Waals surface area contributed by atoms with Crippen LogP contribution in [-0.2, 0) is 11.2 Å². The van der Waals surface area contributed by atoms with E-state index in [1.165, 1.54) is 0 Å². The number of aromatic nitrogens is 1. The Balaban J connectivity index is 1.72. The summed E-state index contributed by atoms with van der Waals surface area (Å²) in [6.45, 7) is 4.83. The van der Waals surface area contributed by atoms with Crippen molar-refractivity contribution in [2.45, 2.75) is 33.1 Å². The highest BCUT2D eigenvalue weighted by atomic mass is 16.7. The average molecular weight is 316 g/mol. The van der Waals surface area contributed by atoms with Gasteiger partial charge in [-0.3, -0.25) is 4.79 Å². The van der Waals surface area contributed by atoms with E-state index in [1.807, 2.05) is 25.1 Å². The summed E-state index contributed by atoms with van der Waals surface area (Å²) in [4.78, 5) is 16.4. The molecular weight excluding hydrogens is 296 g/mol. The summed E-state index contributed by atoms with van der Waals surface area (Å²) < 4.78 is 16.4. The molecule has 1 aliphatic heterocycles. The summed E-state index contributed by atoms with van der Waals surface area (Å²) in [5, 5.41) is 2.89. The molecule has 0 radical (unpaired) electrons. The Bertz CT molecular complexity index is 709. The highest BCUT2D eigenvalue weighted by molar-refractivity contribution is 5.78. The Kier molecular flexibility index (Phi) is 4.50. The number of unbranched alkanes of at least 4 members (excludes halogenated alkanes) is 1. The molecule has 0 bridgehead atoms. The zero-order valence-electron chi connectivity index (χ0n) is 13.3. The van der Waals surface area contributed by atoms with Crippen LogP contribution in [-0.4, -0.2) is 24.2 Å². The first kappa shape index (κ1) is 15.4. The second-order valence-corrected chi connectivity index (χ2v) is 5.47. The highest BCUT2D eigenvalue weighted by Gasteiger charge is 2.18. The molecule has 2 aromatic rings. The molecule has 23 heavy (non-hydrogen) atoms. The molecule has 2 heterocycles. The first-order valence-corrected chi connectivity index (χ1v) is 7.80. The molecule has 0 spiro atoms. The number of oxazole rings is 1. The van der Waals surface area contributed by atoms with Crippen LogP contribution in [0.4, 0.5) is 0 Å². The first-order chi connectivity index (χ1) is 11.2. The van der Waals surface area contributed by atoms with E-state index < -0.39 is 0 Å². The van der Waals surface area contributed by atoms with E-state index in [0.29, 0.717) is 35.4 Å². The van der Waals surface area contributed by atoms with Crippen molar-refractivity contribution in [3.05, 3.63) is 29.7 Å². The number of hydrogen-bond donors (Lipinski definition) is 1. The Morgan fingerprint density at radius 1 is 1.30 bits per heavy atom. The largest absolute Gasteiger partial charge is 0.454 e. The number of ether oxygens (including phenoxy) is 2. The Morgan fingerprint density at radius 2 is 2.13 bits per heavy atom. The summed E-state index contributed by atoms with van der Waals surface area (Å²) in [5.74, 6) is 2.50. The van der Waals surface area contributed by atoms with Gasteiger partial charge in [0.15, 0.2) is 11.5 Å². The third kappa shape index (κ3) is 3.47. The van der Waals surface area contributed by atoms with Crippen LogP contribution < -0.4 is 14.8 Å². The number of nitrogens with zero attached hydrogens (tertiary/aromatic N) is 1. The molecule has 1 amide bonds. The summed E-state index contributed by atoms with van der Waals surface area (Å²) >= 11 is 0. The molecule has 1 N–H and O–H groups in total. The van der Waals surface area contributed by atoms with Crippen LogP contribution >= 0.6 is 0 Å². The molecule has 3 rings (SSSR count). The van der Waals surface area contributed by atoms with E-state index in [1.54, 1.807) is 0 Å². The predicted molar refractivity (Wildman–Crippen MR) is 84.4 cm³/mol. The highest BCUT2D eigenvalue weighted by Crippen LogP contribution is 2.36. The molecule has 0 aliphatic carbocycles. The number of benzene rings is 1. The van der Waals surface area contributed by atoms with E-state index in [-0.39, 0.29) is 19.1 Å². The fourth-order valence-corrected chi connectivity index (χ4v) is 2.36. The van der Waals surface area contributed by atoms with Crippen molar-refractivity contribution in [3.63, 3.8) is 0 Å². The standard InChI is InChI=1S/C17H20N2O4/c1-3-4-7-18-16(20)9-13-11(2)23-17(19-13)12-5-6-14-15(8-12)22-10-21-14/h5-6,8H,3-4,7,9-10H2,1-2H3,(H,18,20). The fraction of sp³-hybridized carbons (Fsp3) is 0.412. The maximum absolute atomic E-state index is 11.9. The number of hydrogen-bond acceptors (Lipinski definition) is 5. The molecule has 1 aliphatic rings. The summed E-state index contributed by atoms with van der Waals surface area (Å²) in [5.41, 5.74) is 1.46. The monoisotopic (exact) mass is 316 g/mol. The van der Waals surface area contributed by atoms with E-state index in [4.69, 9.17) is 13.9 Å². The third-order valence-electron chi connectivity index (χ3n) is 3.69. The molecular formula is C17H20N2O4. The summed E-state index contributed by atoms with van der Waals surface area (Å²) in [7, 11) is 0. The van der Waals surface area contributed by atoms with Gasteiger partial charge in [0.05, 0.1) is 12.1 Å². The molecule has 0 atom stereocenters. The number of fused-ring (bicyclic) bond motifs is 1. The molecule has 6 nitrogen and oxygen atoms in total. The molecule has 122 valence electrons. The van der Waals surface area contributed by atoms with Crippen molar-refractivity contribution in [2.75, 3.05) is 13.3 Å². The number of carbonyl (C=O) groups excluding carboxylic acids is 1. The van der Waals surface area contributed by atoms with E-state index in [2.05, 4.69) is 17.2 Å². The number of rotatable bonds is 6. The topological polar surface area (TPSA) is 73.6 Å². The van der Waals surface area contributed by atoms with Crippen molar-refractivity contribution in [1.82, 2.24) is 10.3 Å². The van der Waals surface area contributed by atoms with Gasteiger partial charge in [0.1, 0.15) is 5.76 Å². The minimum absolute atomic E-state index is 0.0351. The number of amides is 1. The van der Waals surface area contributed by atoms with Crippen molar-refractivity contribution in [1.29, 1.82) is 0 Å². The van der Waals surface area contributed by atoms with Gasteiger partial charge < -0.3 is 19.2 Å². The molecule has 1 aromatic heterocycles. The van der Waals surface area contributed by atoms with Crippen LogP contribution in [0.25, 0.3) is 11.5 Å². The molecule has 0 unspecified atom stereocenters. The van der Waals surface area contributed by atoms with Gasteiger partial charge in [-0.2, -0.15) is 0 Å². The number of carbonyl (C=O) groups is 1. The van der Waals surface area contributed by atoms with Crippen molar-refractivity contribution in [3.8, 4) is 23.0 Å². The lowest BCUT2D eigenvalue weighted by Crippen LogP contribution is -2.26. The lowest BCUT2D eigenvalue weighted by atomic mass is 10.2. The Labute approximate surface area is 134 Å². The van der Waals surface area contributed by atoms with Crippen LogP contribution in [0, 0.1) is 6.92 Å². The minimum Gasteiger partial charge on any atom is -0.454 e. The Morgan fingerprint density at radius 3 is 2.96 bits per heavy atom. The minimum atomic E-state index is -0.0351. The fourth-order valence-electron chi connectivity index (χ4n) is 2.36. The maximum atomic E-state index is 11.9. The van der Waals surface area contributed by atoms with Gasteiger partial charge in [-0.1, -0.05) is 13.3 Å². The number of aryl methyl sites for hydroxylation is 1. The molecule has 0 fully saturated rings. The van der Waals surface area contributed by atoms with E-state index in [0.717, 1.165) is 18.4 Å². The van der Waals surface area contributed by atoms with Gasteiger partial charge in [0, 0.05) is 12.1 Å². The predicted octanol–water partition coefficient (Wildman–Crippen LogP) is 2.84. The second-order valence-electron chi connectivity index (χ2n) is 5.47. The van der Waals surface area contributed by atoms with E-state index >= 15 is 0 Å². The average Bonchev–Trinajstić information content (AvgIpc) is 3.14. The van der Waals surface area contributed by atoms with Crippen LogP contribution in [0.2, 0.25) is 0 Å². The van der Waals surface area contributed by atoms with Crippen LogP contribution in [0.1, 0.15) is 31.2 Å². The summed E-state index contributed by atoms with van der Waals surface area (Å²) in [6.07, 6.45) is 2.26. The van der Waals surface area contributed by atoms with Gasteiger partial charge in [0.2, 0.25) is 18.6 Å². The van der Waals surface area contributed by atoms with Crippen LogP contribution in [0.15, 0.2) is 22.6 Å². The van der Waals surface area contributed by atoms with Gasteiger partial charge in [-0.15, -0.1) is 0 Å². The smallest absolute Gasteiger partial charge is 0.231 e. The lowest BCUT2D eigenvalue weighted by molar-refractivity contribution is -0.120. The zero-order chi connectivity index (χ0) is 16.2. The summed E-state index contributed by atoms with van der Waals surface area (Å²) in [6, 6.07) is 5.52. The molecule has 0 saturated heterocycles. The molecule has 1 aromatic carbocycles. The second kappa shape index (κ2) is 6.73. The Hall–Kier alpha value is -2.50.